The van der Waals surface area contributed by atoms with Crippen LogP contribution in [0.1, 0.15) is 19.2 Å². The molecule has 0 amide bonds. The molecule has 0 unspecified atom stereocenters. The van der Waals surface area contributed by atoms with Crippen molar-refractivity contribution in [1.29, 1.82) is 0 Å². The zero-order chi connectivity index (χ0) is 13.5. The third-order valence-electron chi connectivity index (χ3n) is 2.45. The Morgan fingerprint density at radius 2 is 2.40 bits per heavy atom. The molecule has 0 aromatic carbocycles. The number of furan rings is 1. The van der Waals surface area contributed by atoms with Crippen molar-refractivity contribution in [3.8, 4) is 11.6 Å². The maximum Gasteiger partial charge on any atom is 0.216 e. The van der Waals surface area contributed by atoms with Crippen molar-refractivity contribution in [3.63, 3.8) is 0 Å². The predicted octanol–water partition coefficient (Wildman–Crippen LogP) is 1.54. The number of aromatic nitrogens is 3. The number of nitrogens with zero attached hydrogens (tertiary/aromatic N) is 3. The minimum atomic E-state index is 0. The average molecular weight is 390 g/mol. The number of guanidine groups is 1. The van der Waals surface area contributed by atoms with E-state index in [0.29, 0.717) is 30.5 Å². The van der Waals surface area contributed by atoms with E-state index in [2.05, 4.69) is 32.4 Å². The highest BCUT2D eigenvalue weighted by Crippen LogP contribution is 2.14. The Morgan fingerprint density at radius 1 is 1.55 bits per heavy atom. The molecule has 2 heterocycles. The third-order valence-corrected chi connectivity index (χ3v) is 2.45. The van der Waals surface area contributed by atoms with Crippen molar-refractivity contribution in [2.24, 2.45) is 10.7 Å². The number of rotatable bonds is 6. The van der Waals surface area contributed by atoms with Gasteiger partial charge in [0.2, 0.25) is 5.82 Å². The van der Waals surface area contributed by atoms with Crippen LogP contribution < -0.4 is 11.1 Å². The molecule has 7 nitrogen and oxygen atoms in total. The number of nitrogens with two attached hydrogens (primary N) is 1. The molecule has 110 valence electrons. The van der Waals surface area contributed by atoms with E-state index in [1.165, 1.54) is 0 Å². The molecule has 8 heteroatoms. The lowest BCUT2D eigenvalue weighted by atomic mass is 10.4. The number of hydrogen-bond acceptors (Lipinski definition) is 4. The lowest BCUT2D eigenvalue weighted by Crippen LogP contribution is -2.33. The van der Waals surface area contributed by atoms with Crippen LogP contribution >= 0.6 is 24.0 Å². The summed E-state index contributed by atoms with van der Waals surface area (Å²) in [4.78, 5) is 8.47. The van der Waals surface area contributed by atoms with Gasteiger partial charge in [0.05, 0.1) is 6.26 Å². The molecular weight excluding hydrogens is 371 g/mol. The highest BCUT2D eigenvalue weighted by atomic mass is 127. The van der Waals surface area contributed by atoms with Crippen LogP contribution in [0.4, 0.5) is 0 Å². The van der Waals surface area contributed by atoms with Crippen LogP contribution in [0.3, 0.4) is 0 Å². The molecule has 20 heavy (non-hydrogen) atoms. The van der Waals surface area contributed by atoms with Crippen LogP contribution in [-0.2, 0) is 6.42 Å². The first-order valence-electron chi connectivity index (χ1n) is 6.28. The number of aromatic amines is 1. The normalized spacial score (nSPS) is 11.2. The molecule has 0 fully saturated rings. The van der Waals surface area contributed by atoms with E-state index in [1.54, 1.807) is 12.3 Å². The van der Waals surface area contributed by atoms with Crippen LogP contribution in [0.25, 0.3) is 11.6 Å². The molecule has 2 aromatic heterocycles. The van der Waals surface area contributed by atoms with Crippen molar-refractivity contribution >= 4 is 29.9 Å². The third kappa shape index (κ3) is 4.83. The second-order valence-electron chi connectivity index (χ2n) is 4.03. The highest BCUT2D eigenvalue weighted by Gasteiger charge is 2.07. The van der Waals surface area contributed by atoms with E-state index >= 15 is 0 Å². The molecule has 0 aliphatic carbocycles. The fourth-order valence-electron chi connectivity index (χ4n) is 1.52. The van der Waals surface area contributed by atoms with Gasteiger partial charge in [0.25, 0.3) is 0 Å². The Bertz CT molecular complexity index is 522. The lowest BCUT2D eigenvalue weighted by molar-refractivity contribution is 0.577. The van der Waals surface area contributed by atoms with Crippen LogP contribution in [0.2, 0.25) is 0 Å². The first-order valence-corrected chi connectivity index (χ1v) is 6.28. The van der Waals surface area contributed by atoms with Gasteiger partial charge in [-0.15, -0.1) is 24.0 Å². The summed E-state index contributed by atoms with van der Waals surface area (Å²) in [6.07, 6.45) is 3.27. The molecular formula is C12H19IN6O. The minimum Gasteiger partial charge on any atom is -0.461 e. The van der Waals surface area contributed by atoms with Crippen LogP contribution in [0, 0.1) is 0 Å². The van der Waals surface area contributed by atoms with Gasteiger partial charge in [-0.3, -0.25) is 10.1 Å². The van der Waals surface area contributed by atoms with Gasteiger partial charge in [0.1, 0.15) is 5.82 Å². The molecule has 0 atom stereocenters. The summed E-state index contributed by atoms with van der Waals surface area (Å²) in [6, 6.07) is 3.62. The molecule has 0 aliphatic heterocycles. The molecule has 0 radical (unpaired) electrons. The van der Waals surface area contributed by atoms with E-state index in [0.717, 1.165) is 18.8 Å². The molecule has 0 aliphatic rings. The zero-order valence-electron chi connectivity index (χ0n) is 11.3. The first kappa shape index (κ1) is 16.5. The molecule has 2 aromatic rings. The van der Waals surface area contributed by atoms with Crippen molar-refractivity contribution in [2.45, 2.75) is 19.8 Å². The van der Waals surface area contributed by atoms with Crippen molar-refractivity contribution in [1.82, 2.24) is 20.5 Å². The Hall–Kier alpha value is -1.58. The quantitative estimate of drug-likeness (QED) is 0.394. The Morgan fingerprint density at radius 3 is 3.10 bits per heavy atom. The van der Waals surface area contributed by atoms with E-state index in [1.807, 2.05) is 6.07 Å². The largest absolute Gasteiger partial charge is 0.461 e. The second kappa shape index (κ2) is 8.56. The number of hydrogen-bond donors (Lipinski definition) is 3. The zero-order valence-corrected chi connectivity index (χ0v) is 13.6. The fraction of sp³-hybridized carbons (Fsp3) is 0.417. The summed E-state index contributed by atoms with van der Waals surface area (Å²) < 4.78 is 5.22. The number of halogens is 1. The summed E-state index contributed by atoms with van der Waals surface area (Å²) in [5.41, 5.74) is 5.68. The summed E-state index contributed by atoms with van der Waals surface area (Å²) >= 11 is 0. The standard InChI is InChI=1S/C12H18N6O.HI/c1-2-6-14-12(13)15-7-5-10-16-11(18-17-10)9-4-3-8-19-9;/h3-4,8H,2,5-7H2,1H3,(H3,13,14,15)(H,16,17,18);1H. The van der Waals surface area contributed by atoms with Crippen molar-refractivity contribution in [3.05, 3.63) is 24.2 Å². The maximum absolute atomic E-state index is 5.68. The molecule has 2 rings (SSSR count). The molecule has 0 spiro atoms. The van der Waals surface area contributed by atoms with Crippen LogP contribution in [0.5, 0.6) is 0 Å². The van der Waals surface area contributed by atoms with Crippen molar-refractivity contribution < 1.29 is 4.42 Å². The smallest absolute Gasteiger partial charge is 0.216 e. The van der Waals surface area contributed by atoms with Gasteiger partial charge in [0, 0.05) is 19.5 Å². The predicted molar refractivity (Wildman–Crippen MR) is 88.0 cm³/mol. The lowest BCUT2D eigenvalue weighted by Gasteiger charge is -2.03. The Labute approximate surface area is 134 Å². The van der Waals surface area contributed by atoms with E-state index < -0.39 is 0 Å². The van der Waals surface area contributed by atoms with Gasteiger partial charge in [-0.25, -0.2) is 4.98 Å². The molecule has 0 bridgehead atoms. The van der Waals surface area contributed by atoms with E-state index in [4.69, 9.17) is 10.2 Å². The fourth-order valence-corrected chi connectivity index (χ4v) is 1.52. The summed E-state index contributed by atoms with van der Waals surface area (Å²) in [5, 5.41) is 9.98. The van der Waals surface area contributed by atoms with E-state index in [-0.39, 0.29) is 24.0 Å². The molecule has 0 saturated carbocycles. The Balaban J connectivity index is 0.00000200. The average Bonchev–Trinajstić information content (AvgIpc) is 3.06. The van der Waals surface area contributed by atoms with Crippen LogP contribution in [0.15, 0.2) is 27.8 Å². The van der Waals surface area contributed by atoms with Gasteiger partial charge in [0.15, 0.2) is 11.7 Å². The SMILES string of the molecule is CCCN=C(N)NCCc1nc(-c2ccco2)n[nH]1.I. The minimum absolute atomic E-state index is 0. The second-order valence-corrected chi connectivity index (χ2v) is 4.03. The number of H-pyrrole nitrogens is 1. The van der Waals surface area contributed by atoms with Gasteiger partial charge in [-0.2, -0.15) is 5.10 Å². The summed E-state index contributed by atoms with van der Waals surface area (Å²) in [5.74, 6) is 2.46. The van der Waals surface area contributed by atoms with Gasteiger partial charge >= 0.3 is 0 Å². The van der Waals surface area contributed by atoms with Gasteiger partial charge in [-0.1, -0.05) is 6.92 Å². The van der Waals surface area contributed by atoms with Gasteiger partial charge < -0.3 is 15.5 Å². The van der Waals surface area contributed by atoms with Crippen LogP contribution in [-0.4, -0.2) is 34.2 Å². The summed E-state index contributed by atoms with van der Waals surface area (Å²) in [6.45, 7) is 3.46. The molecule has 0 saturated heterocycles. The maximum atomic E-state index is 5.68. The van der Waals surface area contributed by atoms with E-state index in [9.17, 15) is 0 Å². The monoisotopic (exact) mass is 390 g/mol. The number of nitrogens with one attached hydrogen (secondary N) is 2. The highest BCUT2D eigenvalue weighted by molar-refractivity contribution is 14.0. The topological polar surface area (TPSA) is 105 Å². The Kier molecular flexibility index (Phi) is 7.05. The number of aliphatic imine (C=N–C) groups is 1. The summed E-state index contributed by atoms with van der Waals surface area (Å²) in [7, 11) is 0. The first-order chi connectivity index (χ1) is 9.29. The van der Waals surface area contributed by atoms with Crippen molar-refractivity contribution in [2.75, 3.05) is 13.1 Å². The molecule has 4 N–H and O–H groups in total. The van der Waals surface area contributed by atoms with Gasteiger partial charge in [-0.05, 0) is 18.6 Å².